The van der Waals surface area contributed by atoms with Gasteiger partial charge in [0.1, 0.15) is 11.2 Å². The summed E-state index contributed by atoms with van der Waals surface area (Å²) in [6.45, 7) is 0.400. The fraction of sp³-hybridized carbons (Fsp3) is 0.625. The van der Waals surface area contributed by atoms with Gasteiger partial charge in [-0.15, -0.1) is 0 Å². The molecule has 0 bridgehead atoms. The van der Waals surface area contributed by atoms with E-state index in [9.17, 15) is 19.2 Å². The Labute approximate surface area is 129 Å². The van der Waals surface area contributed by atoms with Crippen LogP contribution in [0.1, 0.15) is 51.4 Å². The Bertz CT molecular complexity index is 501. The molecule has 0 aromatic carbocycles. The van der Waals surface area contributed by atoms with Crippen LogP contribution in [0.25, 0.3) is 0 Å². The van der Waals surface area contributed by atoms with Crippen molar-refractivity contribution in [3.05, 3.63) is 12.2 Å². The molecule has 2 amide bonds. The smallest absolute Gasteiger partial charge is 0.317 e. The van der Waals surface area contributed by atoms with Crippen LogP contribution in [0.15, 0.2) is 12.2 Å². The van der Waals surface area contributed by atoms with Crippen LogP contribution in [0.5, 0.6) is 0 Å². The van der Waals surface area contributed by atoms with Gasteiger partial charge in [0, 0.05) is 25.1 Å². The van der Waals surface area contributed by atoms with Gasteiger partial charge in [0.15, 0.2) is 0 Å². The fourth-order valence-electron chi connectivity index (χ4n) is 2.94. The first kappa shape index (κ1) is 16.4. The number of amides is 2. The molecule has 0 unspecified atom stereocenters. The van der Waals surface area contributed by atoms with Crippen LogP contribution in [-0.2, 0) is 19.2 Å². The molecule has 1 fully saturated rings. The predicted molar refractivity (Wildman–Crippen MR) is 77.9 cm³/mol. The molecule has 1 N–H and O–H groups in total. The first-order chi connectivity index (χ1) is 10.5. The summed E-state index contributed by atoms with van der Waals surface area (Å²) >= 11 is 0. The van der Waals surface area contributed by atoms with Crippen molar-refractivity contribution in [1.29, 1.82) is 0 Å². The number of nitrogens with zero attached hydrogens (tertiary/aromatic N) is 1. The van der Waals surface area contributed by atoms with E-state index in [-0.39, 0.29) is 17.6 Å². The maximum absolute atomic E-state index is 12.0. The van der Waals surface area contributed by atoms with Crippen molar-refractivity contribution < 1.29 is 24.3 Å². The van der Waals surface area contributed by atoms with Crippen LogP contribution in [0.3, 0.4) is 0 Å². The third-order valence-corrected chi connectivity index (χ3v) is 4.59. The molecule has 1 heterocycles. The van der Waals surface area contributed by atoms with Gasteiger partial charge in [-0.05, 0) is 25.7 Å². The van der Waals surface area contributed by atoms with Crippen LogP contribution in [-0.4, -0.2) is 40.1 Å². The number of rotatable bonds is 9. The van der Waals surface area contributed by atoms with Gasteiger partial charge >= 0.3 is 5.97 Å². The fourth-order valence-corrected chi connectivity index (χ4v) is 2.94. The number of Topliss-reactive ketones (excluding diaryl/α,β-unsaturated/α-hetero) is 1. The van der Waals surface area contributed by atoms with Crippen molar-refractivity contribution in [3.8, 4) is 0 Å². The SMILES string of the molecule is O=C1C=CC(=O)N1CCCCCCC(=O)C1(C(=O)O)CCC1. The molecule has 0 radical (unpaired) electrons. The molecule has 0 atom stereocenters. The Morgan fingerprint density at radius 1 is 1.05 bits per heavy atom. The van der Waals surface area contributed by atoms with Crippen molar-refractivity contribution >= 4 is 23.6 Å². The van der Waals surface area contributed by atoms with Gasteiger partial charge in [0.25, 0.3) is 11.8 Å². The summed E-state index contributed by atoms with van der Waals surface area (Å²) in [6, 6.07) is 0. The zero-order chi connectivity index (χ0) is 16.2. The molecule has 0 aromatic heterocycles. The molecular formula is C16H21NO5. The molecule has 2 aliphatic rings. The molecule has 6 heteroatoms. The summed E-state index contributed by atoms with van der Waals surface area (Å²) in [5.74, 6) is -1.68. The molecule has 0 aromatic rings. The summed E-state index contributed by atoms with van der Waals surface area (Å²) < 4.78 is 0. The highest BCUT2D eigenvalue weighted by Gasteiger charge is 2.49. The zero-order valence-electron chi connectivity index (χ0n) is 12.5. The number of aliphatic carboxylic acids is 1. The molecule has 2 rings (SSSR count). The van der Waals surface area contributed by atoms with Gasteiger partial charge in [-0.25, -0.2) is 0 Å². The number of hydrogen-bond acceptors (Lipinski definition) is 4. The van der Waals surface area contributed by atoms with Gasteiger partial charge in [-0.1, -0.05) is 19.3 Å². The molecule has 0 saturated heterocycles. The number of carbonyl (C=O) groups excluding carboxylic acids is 3. The van der Waals surface area contributed by atoms with Gasteiger partial charge in [-0.3, -0.25) is 24.1 Å². The first-order valence-corrected chi connectivity index (χ1v) is 7.77. The number of carboxylic acids is 1. The lowest BCUT2D eigenvalue weighted by molar-refractivity contribution is -0.161. The predicted octanol–water partition coefficient (Wildman–Crippen LogP) is 1.69. The second kappa shape index (κ2) is 6.85. The Morgan fingerprint density at radius 2 is 1.64 bits per heavy atom. The lowest BCUT2D eigenvalue weighted by atomic mass is 9.65. The second-order valence-electron chi connectivity index (χ2n) is 5.99. The molecule has 6 nitrogen and oxygen atoms in total. The van der Waals surface area contributed by atoms with Crippen molar-refractivity contribution in [2.45, 2.75) is 51.4 Å². The Balaban J connectivity index is 1.60. The van der Waals surface area contributed by atoms with Crippen LogP contribution >= 0.6 is 0 Å². The molecule has 1 aliphatic heterocycles. The number of carbonyl (C=O) groups is 4. The van der Waals surface area contributed by atoms with Crippen LogP contribution in [0.4, 0.5) is 0 Å². The zero-order valence-corrected chi connectivity index (χ0v) is 12.5. The lowest BCUT2D eigenvalue weighted by Gasteiger charge is -2.36. The topological polar surface area (TPSA) is 91.8 Å². The number of carboxylic acid groups (broad SMARTS) is 1. The monoisotopic (exact) mass is 307 g/mol. The Hall–Kier alpha value is -1.98. The standard InChI is InChI=1S/C16H21NO5/c18-12(16(15(21)22)9-5-10-16)6-3-1-2-4-11-17-13(19)7-8-14(17)20/h7-8H,1-6,9-11H2,(H,21,22). The highest BCUT2D eigenvalue weighted by Crippen LogP contribution is 2.43. The normalized spacial score (nSPS) is 19.4. The molecule has 22 heavy (non-hydrogen) atoms. The maximum atomic E-state index is 12.0. The minimum atomic E-state index is -1.11. The minimum absolute atomic E-state index is 0.152. The summed E-state index contributed by atoms with van der Waals surface area (Å²) in [7, 11) is 0. The third-order valence-electron chi connectivity index (χ3n) is 4.59. The van der Waals surface area contributed by atoms with E-state index in [4.69, 9.17) is 5.11 Å². The van der Waals surface area contributed by atoms with Gasteiger partial charge in [-0.2, -0.15) is 0 Å². The molecule has 1 saturated carbocycles. The largest absolute Gasteiger partial charge is 0.480 e. The van der Waals surface area contributed by atoms with Crippen molar-refractivity contribution in [3.63, 3.8) is 0 Å². The van der Waals surface area contributed by atoms with E-state index < -0.39 is 11.4 Å². The second-order valence-corrected chi connectivity index (χ2v) is 5.99. The number of unbranched alkanes of at least 4 members (excludes halogenated alkanes) is 3. The molecule has 0 spiro atoms. The van der Waals surface area contributed by atoms with E-state index in [1.807, 2.05) is 0 Å². The van der Waals surface area contributed by atoms with Crippen molar-refractivity contribution in [2.24, 2.45) is 5.41 Å². The average Bonchev–Trinajstić information content (AvgIpc) is 2.72. The summed E-state index contributed by atoms with van der Waals surface area (Å²) in [4.78, 5) is 47.1. The van der Waals surface area contributed by atoms with E-state index in [0.29, 0.717) is 38.6 Å². The number of ketones is 1. The van der Waals surface area contributed by atoms with E-state index in [1.54, 1.807) is 0 Å². The van der Waals surface area contributed by atoms with E-state index in [0.717, 1.165) is 19.3 Å². The maximum Gasteiger partial charge on any atom is 0.317 e. The van der Waals surface area contributed by atoms with Gasteiger partial charge < -0.3 is 5.11 Å². The van der Waals surface area contributed by atoms with Crippen molar-refractivity contribution in [2.75, 3.05) is 6.54 Å². The molecule has 1 aliphatic carbocycles. The number of imide groups is 1. The van der Waals surface area contributed by atoms with E-state index >= 15 is 0 Å². The van der Waals surface area contributed by atoms with Crippen LogP contribution < -0.4 is 0 Å². The highest BCUT2D eigenvalue weighted by atomic mass is 16.4. The lowest BCUT2D eigenvalue weighted by Crippen LogP contribution is -2.45. The Kier molecular flexibility index (Phi) is 5.11. The number of hydrogen-bond donors (Lipinski definition) is 1. The molecule has 120 valence electrons. The van der Waals surface area contributed by atoms with Gasteiger partial charge in [0.2, 0.25) is 0 Å². The summed E-state index contributed by atoms with van der Waals surface area (Å²) in [5.41, 5.74) is -1.11. The quantitative estimate of drug-likeness (QED) is 0.397. The Morgan fingerprint density at radius 3 is 2.14 bits per heavy atom. The summed E-state index contributed by atoms with van der Waals surface area (Å²) in [6.07, 6.45) is 7.55. The third kappa shape index (κ3) is 3.26. The average molecular weight is 307 g/mol. The highest BCUT2D eigenvalue weighted by molar-refractivity contribution is 6.12. The van der Waals surface area contributed by atoms with Gasteiger partial charge in [0.05, 0.1) is 0 Å². The van der Waals surface area contributed by atoms with Crippen molar-refractivity contribution in [1.82, 2.24) is 4.90 Å². The van der Waals surface area contributed by atoms with Crippen LogP contribution in [0.2, 0.25) is 0 Å². The summed E-state index contributed by atoms with van der Waals surface area (Å²) in [5, 5.41) is 9.17. The van der Waals surface area contributed by atoms with E-state index in [2.05, 4.69) is 0 Å². The van der Waals surface area contributed by atoms with E-state index in [1.165, 1.54) is 17.1 Å². The van der Waals surface area contributed by atoms with Crippen LogP contribution in [0, 0.1) is 5.41 Å². The minimum Gasteiger partial charge on any atom is -0.480 e. The first-order valence-electron chi connectivity index (χ1n) is 7.77. The molecular weight excluding hydrogens is 286 g/mol.